The van der Waals surface area contributed by atoms with Gasteiger partial charge >= 0.3 is 5.97 Å². The zero-order valence-electron chi connectivity index (χ0n) is 22.1. The van der Waals surface area contributed by atoms with Gasteiger partial charge in [-0.1, -0.05) is 36.4 Å². The molecule has 3 aromatic rings. The van der Waals surface area contributed by atoms with Crippen LogP contribution in [-0.2, 0) is 27.3 Å². The van der Waals surface area contributed by atoms with Crippen molar-refractivity contribution >= 4 is 46.4 Å². The average molecular weight is 561 g/mol. The SMILES string of the molecule is Cc1cc2c3c(c1)c(=O)c(C(=O)NC(C(=O)NC1C(=O)N4C1SC(C)(C)C4C(=O)O)c1ccccc1)cn3CC2. The number of carbonyl (C=O) groups excluding carboxylic acids is 3. The number of benzene rings is 2. The van der Waals surface area contributed by atoms with Gasteiger partial charge in [0.2, 0.25) is 17.2 Å². The summed E-state index contributed by atoms with van der Waals surface area (Å²) in [6.07, 6.45) is 2.31. The molecule has 11 heteroatoms. The molecule has 3 aliphatic rings. The van der Waals surface area contributed by atoms with Crippen LogP contribution in [0.25, 0.3) is 10.9 Å². The van der Waals surface area contributed by atoms with Crippen LogP contribution >= 0.6 is 11.8 Å². The molecule has 3 N–H and O–H groups in total. The van der Waals surface area contributed by atoms with Crippen molar-refractivity contribution in [1.29, 1.82) is 0 Å². The van der Waals surface area contributed by atoms with Gasteiger partial charge < -0.3 is 25.2 Å². The van der Waals surface area contributed by atoms with Gasteiger partial charge in [-0.25, -0.2) is 4.79 Å². The number of hydrogen-bond acceptors (Lipinski definition) is 6. The van der Waals surface area contributed by atoms with Gasteiger partial charge in [-0.05, 0) is 49.9 Å². The molecule has 6 rings (SSSR count). The molecule has 3 amide bonds. The Balaban J connectivity index is 1.29. The van der Waals surface area contributed by atoms with Crippen molar-refractivity contribution in [3.63, 3.8) is 0 Å². The smallest absolute Gasteiger partial charge is 0.327 e. The van der Waals surface area contributed by atoms with Gasteiger partial charge in [-0.3, -0.25) is 19.2 Å². The molecule has 10 nitrogen and oxygen atoms in total. The first-order chi connectivity index (χ1) is 19.0. The first-order valence-electron chi connectivity index (χ1n) is 13.0. The standard InChI is InChI=1S/C29H28N4O6S/c1-14-11-16-9-10-32-13-18(22(34)17(12-14)21(16)32)24(35)30-19(15-7-5-4-6-8-15)25(36)31-20-26(37)33-23(28(38)39)29(2,3)40-27(20)33/h4-8,11-13,19-20,23,27H,9-10H2,1-3H3,(H,30,35)(H,31,36)(H,38,39). The van der Waals surface area contributed by atoms with Crippen molar-refractivity contribution in [1.82, 2.24) is 20.1 Å². The van der Waals surface area contributed by atoms with E-state index in [1.54, 1.807) is 56.4 Å². The van der Waals surface area contributed by atoms with E-state index in [4.69, 9.17) is 0 Å². The quantitative estimate of drug-likeness (QED) is 0.392. The number of β-lactam (4-membered cyclic amide) rings is 1. The third-order valence-corrected chi connectivity index (χ3v) is 9.48. The second kappa shape index (κ2) is 9.22. The summed E-state index contributed by atoms with van der Waals surface area (Å²) in [6.45, 7) is 6.06. The average Bonchev–Trinajstić information content (AvgIpc) is 3.43. The zero-order valence-corrected chi connectivity index (χ0v) is 23.0. The number of aryl methyl sites for hydroxylation is 3. The van der Waals surface area contributed by atoms with E-state index in [-0.39, 0.29) is 5.56 Å². The second-order valence-electron chi connectivity index (χ2n) is 11.0. The molecule has 0 saturated carbocycles. The summed E-state index contributed by atoms with van der Waals surface area (Å²) in [5.74, 6) is -2.90. The minimum absolute atomic E-state index is 0.0667. The van der Waals surface area contributed by atoms with Crippen LogP contribution < -0.4 is 16.1 Å². The number of rotatable bonds is 6. The summed E-state index contributed by atoms with van der Waals surface area (Å²) in [5.41, 5.74) is 2.83. The number of fused-ring (bicyclic) bond motifs is 1. The largest absolute Gasteiger partial charge is 0.480 e. The zero-order chi connectivity index (χ0) is 28.5. The monoisotopic (exact) mass is 560 g/mol. The van der Waals surface area contributed by atoms with E-state index in [0.717, 1.165) is 23.1 Å². The molecule has 2 saturated heterocycles. The Morgan fingerprint density at radius 2 is 1.85 bits per heavy atom. The van der Waals surface area contributed by atoms with Crippen molar-refractivity contribution < 1.29 is 24.3 Å². The fraction of sp³-hybridized carbons (Fsp3) is 0.345. The van der Waals surface area contributed by atoms with Crippen LogP contribution in [0, 0.1) is 6.92 Å². The van der Waals surface area contributed by atoms with E-state index in [0.29, 0.717) is 17.5 Å². The highest BCUT2D eigenvalue weighted by atomic mass is 32.2. The van der Waals surface area contributed by atoms with Crippen LogP contribution in [0.5, 0.6) is 0 Å². The summed E-state index contributed by atoms with van der Waals surface area (Å²) >= 11 is 1.32. The summed E-state index contributed by atoms with van der Waals surface area (Å²) in [6, 6.07) is 9.27. The van der Waals surface area contributed by atoms with Gasteiger partial charge in [0.25, 0.3) is 5.91 Å². The highest BCUT2D eigenvalue weighted by molar-refractivity contribution is 8.01. The van der Waals surface area contributed by atoms with Gasteiger partial charge in [-0.2, -0.15) is 0 Å². The number of aromatic nitrogens is 1. The summed E-state index contributed by atoms with van der Waals surface area (Å²) in [4.78, 5) is 66.6. The number of amides is 3. The molecule has 3 aliphatic heterocycles. The second-order valence-corrected chi connectivity index (χ2v) is 12.8. The predicted molar refractivity (Wildman–Crippen MR) is 149 cm³/mol. The van der Waals surface area contributed by atoms with Crippen LogP contribution in [0.3, 0.4) is 0 Å². The maximum absolute atomic E-state index is 13.6. The van der Waals surface area contributed by atoms with Gasteiger partial charge in [0.15, 0.2) is 0 Å². The van der Waals surface area contributed by atoms with Gasteiger partial charge in [0, 0.05) is 22.9 Å². The minimum Gasteiger partial charge on any atom is -0.480 e. The number of hydrogen-bond donors (Lipinski definition) is 3. The van der Waals surface area contributed by atoms with E-state index < -0.39 is 57.4 Å². The molecule has 4 atom stereocenters. The third-order valence-electron chi connectivity index (χ3n) is 7.90. The van der Waals surface area contributed by atoms with Crippen LogP contribution in [0.15, 0.2) is 53.5 Å². The maximum atomic E-state index is 13.6. The molecule has 40 heavy (non-hydrogen) atoms. The van der Waals surface area contributed by atoms with Crippen molar-refractivity contribution in [2.24, 2.45) is 0 Å². The highest BCUT2D eigenvalue weighted by Crippen LogP contribution is 2.50. The maximum Gasteiger partial charge on any atom is 0.327 e. The first kappa shape index (κ1) is 26.1. The van der Waals surface area contributed by atoms with E-state index in [1.807, 2.05) is 17.6 Å². The Bertz CT molecular complexity index is 1670. The summed E-state index contributed by atoms with van der Waals surface area (Å²) < 4.78 is 1.16. The Morgan fingerprint density at radius 3 is 2.55 bits per heavy atom. The minimum atomic E-state index is -1.19. The van der Waals surface area contributed by atoms with Crippen molar-refractivity contribution in [3.05, 3.63) is 81.1 Å². The first-order valence-corrected chi connectivity index (χ1v) is 13.9. The van der Waals surface area contributed by atoms with Crippen molar-refractivity contribution in [3.8, 4) is 0 Å². The van der Waals surface area contributed by atoms with Gasteiger partial charge in [0.05, 0.1) is 5.52 Å². The molecule has 2 aromatic carbocycles. The molecular weight excluding hydrogens is 532 g/mol. The summed E-state index contributed by atoms with van der Waals surface area (Å²) in [5, 5.41) is 15.1. The number of nitrogens with one attached hydrogen (secondary N) is 2. The fourth-order valence-corrected chi connectivity index (χ4v) is 7.72. The number of aliphatic carboxylic acids is 1. The number of pyridine rings is 1. The normalized spacial score (nSPS) is 22.9. The lowest BCUT2D eigenvalue weighted by Crippen LogP contribution is -2.71. The molecule has 4 unspecified atom stereocenters. The Morgan fingerprint density at radius 1 is 1.12 bits per heavy atom. The number of nitrogens with zero attached hydrogens (tertiary/aromatic N) is 2. The van der Waals surface area contributed by atoms with E-state index in [9.17, 15) is 29.1 Å². The lowest BCUT2D eigenvalue weighted by Gasteiger charge is -2.44. The number of carboxylic acids is 1. The van der Waals surface area contributed by atoms with Crippen LogP contribution in [0.4, 0.5) is 0 Å². The molecule has 0 aliphatic carbocycles. The molecule has 0 bridgehead atoms. The third kappa shape index (κ3) is 3.98. The number of carboxylic acid groups (broad SMARTS) is 1. The van der Waals surface area contributed by atoms with Crippen molar-refractivity contribution in [2.75, 3.05) is 0 Å². The lowest BCUT2D eigenvalue weighted by atomic mass is 9.95. The topological polar surface area (TPSA) is 138 Å². The van der Waals surface area contributed by atoms with E-state index in [2.05, 4.69) is 10.6 Å². The Kier molecular flexibility index (Phi) is 6.02. The molecule has 0 radical (unpaired) electrons. The Hall–Kier alpha value is -4.12. The number of thioether (sulfide) groups is 1. The van der Waals surface area contributed by atoms with Crippen LogP contribution in [0.2, 0.25) is 0 Å². The summed E-state index contributed by atoms with van der Waals surface area (Å²) in [7, 11) is 0. The van der Waals surface area contributed by atoms with E-state index >= 15 is 0 Å². The molecular formula is C29H28N4O6S. The highest BCUT2D eigenvalue weighted by Gasteiger charge is 2.64. The van der Waals surface area contributed by atoms with Crippen LogP contribution in [-0.4, -0.2) is 60.5 Å². The molecule has 2 fully saturated rings. The molecule has 206 valence electrons. The molecule has 4 heterocycles. The van der Waals surface area contributed by atoms with E-state index in [1.165, 1.54) is 16.7 Å². The number of carbonyl (C=O) groups is 4. The predicted octanol–water partition coefficient (Wildman–Crippen LogP) is 1.97. The molecule has 0 spiro atoms. The van der Waals surface area contributed by atoms with Gasteiger partial charge in [0.1, 0.15) is 29.1 Å². The van der Waals surface area contributed by atoms with Crippen LogP contribution in [0.1, 0.15) is 46.9 Å². The molecule has 1 aromatic heterocycles. The lowest BCUT2D eigenvalue weighted by molar-refractivity contribution is -0.161. The van der Waals surface area contributed by atoms with Crippen molar-refractivity contribution in [2.45, 2.75) is 62.0 Å². The van der Waals surface area contributed by atoms with Gasteiger partial charge in [-0.15, -0.1) is 11.8 Å². The fourth-order valence-electron chi connectivity index (χ4n) is 6.10. The Labute approximate surface area is 233 Å².